The summed E-state index contributed by atoms with van der Waals surface area (Å²) >= 11 is 1.63. The van der Waals surface area contributed by atoms with E-state index in [-0.39, 0.29) is 12.6 Å². The largest absolute Gasteiger partial charge is 0.481 e. The molecule has 1 fully saturated rings. The molecule has 1 aromatic rings. The number of amides is 2. The molecule has 2 rings (SSSR count). The van der Waals surface area contributed by atoms with Crippen molar-refractivity contribution in [1.82, 2.24) is 10.6 Å². The van der Waals surface area contributed by atoms with E-state index < -0.39 is 11.4 Å². The van der Waals surface area contributed by atoms with E-state index in [1.54, 1.807) is 11.3 Å². The number of carboxylic acid groups (broad SMARTS) is 1. The van der Waals surface area contributed by atoms with Crippen LogP contribution in [-0.2, 0) is 11.2 Å². The molecule has 1 saturated carbocycles. The van der Waals surface area contributed by atoms with Gasteiger partial charge in [0.2, 0.25) is 0 Å². The smallest absolute Gasteiger partial charge is 0.314 e. The van der Waals surface area contributed by atoms with Crippen LogP contribution in [-0.4, -0.2) is 30.2 Å². The second-order valence-electron chi connectivity index (χ2n) is 4.58. The van der Waals surface area contributed by atoms with Crippen LogP contribution in [0.3, 0.4) is 0 Å². The van der Waals surface area contributed by atoms with Gasteiger partial charge in [-0.25, -0.2) is 4.79 Å². The number of thiophene rings is 1. The van der Waals surface area contributed by atoms with Crippen molar-refractivity contribution in [2.45, 2.75) is 19.3 Å². The predicted molar refractivity (Wildman–Crippen MR) is 68.7 cm³/mol. The van der Waals surface area contributed by atoms with Crippen molar-refractivity contribution in [3.63, 3.8) is 0 Å². The van der Waals surface area contributed by atoms with Crippen LogP contribution < -0.4 is 10.6 Å². The quantitative estimate of drug-likeness (QED) is 0.730. The average Bonchev–Trinajstić information content (AvgIpc) is 2.97. The van der Waals surface area contributed by atoms with Crippen molar-refractivity contribution < 1.29 is 14.7 Å². The normalized spacial score (nSPS) is 16.0. The van der Waals surface area contributed by atoms with Crippen LogP contribution in [0, 0.1) is 5.41 Å². The van der Waals surface area contributed by atoms with Gasteiger partial charge in [-0.3, -0.25) is 4.79 Å². The fourth-order valence-corrected chi connectivity index (χ4v) is 2.39. The van der Waals surface area contributed by atoms with Crippen LogP contribution in [0.1, 0.15) is 18.4 Å². The maximum atomic E-state index is 11.5. The highest BCUT2D eigenvalue weighted by molar-refractivity contribution is 7.07. The Labute approximate surface area is 109 Å². The molecule has 5 nitrogen and oxygen atoms in total. The molecule has 18 heavy (non-hydrogen) atoms. The SMILES string of the molecule is O=C(NCCc1ccsc1)NCC1(C(=O)O)CC1. The summed E-state index contributed by atoms with van der Waals surface area (Å²) in [5.41, 5.74) is 0.495. The molecule has 0 radical (unpaired) electrons. The number of nitrogens with one attached hydrogen (secondary N) is 2. The van der Waals surface area contributed by atoms with Crippen LogP contribution in [0.4, 0.5) is 4.79 Å². The molecule has 6 heteroatoms. The first-order valence-corrected chi connectivity index (χ1v) is 6.83. The zero-order valence-corrected chi connectivity index (χ0v) is 10.8. The molecule has 2 amide bonds. The van der Waals surface area contributed by atoms with Crippen molar-refractivity contribution >= 4 is 23.3 Å². The van der Waals surface area contributed by atoms with Crippen LogP contribution >= 0.6 is 11.3 Å². The highest BCUT2D eigenvalue weighted by Crippen LogP contribution is 2.45. The molecule has 1 aliphatic rings. The Morgan fingerprint density at radius 1 is 1.39 bits per heavy atom. The Hall–Kier alpha value is -1.56. The van der Waals surface area contributed by atoms with Crippen LogP contribution in [0.25, 0.3) is 0 Å². The first-order chi connectivity index (χ1) is 8.62. The van der Waals surface area contributed by atoms with E-state index in [0.717, 1.165) is 6.42 Å². The summed E-state index contributed by atoms with van der Waals surface area (Å²) in [5.74, 6) is -0.818. The Bertz CT molecular complexity index is 427. The van der Waals surface area contributed by atoms with Gasteiger partial charge >= 0.3 is 12.0 Å². The van der Waals surface area contributed by atoms with Gasteiger partial charge in [0.15, 0.2) is 0 Å². The van der Waals surface area contributed by atoms with E-state index in [9.17, 15) is 9.59 Å². The number of hydrogen-bond donors (Lipinski definition) is 3. The number of carbonyl (C=O) groups excluding carboxylic acids is 1. The number of carbonyl (C=O) groups is 2. The van der Waals surface area contributed by atoms with Crippen molar-refractivity contribution in [3.8, 4) is 0 Å². The molecule has 1 aliphatic carbocycles. The molecule has 1 aromatic heterocycles. The summed E-state index contributed by atoms with van der Waals surface area (Å²) in [6.07, 6.45) is 2.09. The third-order valence-electron chi connectivity index (χ3n) is 3.17. The Kier molecular flexibility index (Phi) is 3.86. The molecule has 0 spiro atoms. The Morgan fingerprint density at radius 3 is 2.72 bits per heavy atom. The van der Waals surface area contributed by atoms with E-state index in [4.69, 9.17) is 5.11 Å². The minimum atomic E-state index is -0.818. The van der Waals surface area contributed by atoms with Crippen molar-refractivity contribution in [1.29, 1.82) is 0 Å². The summed E-state index contributed by atoms with van der Waals surface area (Å²) < 4.78 is 0. The maximum absolute atomic E-state index is 11.5. The highest BCUT2D eigenvalue weighted by atomic mass is 32.1. The first-order valence-electron chi connectivity index (χ1n) is 5.89. The molecular weight excluding hydrogens is 252 g/mol. The van der Waals surface area contributed by atoms with Gasteiger partial charge in [0.25, 0.3) is 0 Å². The van der Waals surface area contributed by atoms with Gasteiger partial charge in [0.1, 0.15) is 0 Å². The Balaban J connectivity index is 1.62. The second-order valence-corrected chi connectivity index (χ2v) is 5.36. The first kappa shape index (κ1) is 12.9. The third kappa shape index (κ3) is 3.22. The van der Waals surface area contributed by atoms with E-state index >= 15 is 0 Å². The topological polar surface area (TPSA) is 78.4 Å². The monoisotopic (exact) mass is 268 g/mol. The van der Waals surface area contributed by atoms with Gasteiger partial charge in [-0.2, -0.15) is 11.3 Å². The van der Waals surface area contributed by atoms with Crippen LogP contribution in [0.2, 0.25) is 0 Å². The lowest BCUT2D eigenvalue weighted by atomic mass is 10.1. The molecule has 0 aliphatic heterocycles. The van der Waals surface area contributed by atoms with Crippen molar-refractivity contribution in [2.24, 2.45) is 5.41 Å². The maximum Gasteiger partial charge on any atom is 0.314 e. The molecule has 98 valence electrons. The van der Waals surface area contributed by atoms with Crippen LogP contribution in [0.5, 0.6) is 0 Å². The molecular formula is C12H16N2O3S. The zero-order chi connectivity index (χ0) is 13.0. The van der Waals surface area contributed by atoms with Crippen LogP contribution in [0.15, 0.2) is 16.8 Å². The van der Waals surface area contributed by atoms with Gasteiger partial charge in [-0.1, -0.05) is 0 Å². The van der Waals surface area contributed by atoms with E-state index in [1.807, 2.05) is 16.8 Å². The van der Waals surface area contributed by atoms with Crippen molar-refractivity contribution in [3.05, 3.63) is 22.4 Å². The molecule has 0 bridgehead atoms. The Morgan fingerprint density at radius 2 is 2.17 bits per heavy atom. The zero-order valence-electron chi connectivity index (χ0n) is 9.94. The van der Waals surface area contributed by atoms with Gasteiger partial charge < -0.3 is 15.7 Å². The van der Waals surface area contributed by atoms with Crippen molar-refractivity contribution in [2.75, 3.05) is 13.1 Å². The van der Waals surface area contributed by atoms with Gasteiger partial charge in [0.05, 0.1) is 5.41 Å². The molecule has 0 unspecified atom stereocenters. The molecule has 0 atom stereocenters. The fourth-order valence-electron chi connectivity index (χ4n) is 1.68. The lowest BCUT2D eigenvalue weighted by Crippen LogP contribution is -2.41. The number of carboxylic acids is 1. The second kappa shape index (κ2) is 5.39. The van der Waals surface area contributed by atoms with Gasteiger partial charge in [-0.05, 0) is 41.7 Å². The number of aliphatic carboxylic acids is 1. The minimum Gasteiger partial charge on any atom is -0.481 e. The summed E-state index contributed by atoms with van der Waals surface area (Å²) in [7, 11) is 0. The summed E-state index contributed by atoms with van der Waals surface area (Å²) in [5, 5.41) is 18.3. The van der Waals surface area contributed by atoms with Gasteiger partial charge in [0, 0.05) is 13.1 Å². The average molecular weight is 268 g/mol. The van der Waals surface area contributed by atoms with E-state index in [0.29, 0.717) is 19.4 Å². The molecule has 0 saturated heterocycles. The molecule has 0 aromatic carbocycles. The summed E-state index contributed by atoms with van der Waals surface area (Å²) in [6.45, 7) is 0.773. The lowest BCUT2D eigenvalue weighted by Gasteiger charge is -2.11. The minimum absolute atomic E-state index is 0.215. The predicted octanol–water partition coefficient (Wildman–Crippen LogP) is 1.45. The number of hydrogen-bond acceptors (Lipinski definition) is 3. The molecule has 1 heterocycles. The standard InChI is InChI=1S/C12H16N2O3S/c15-10(16)12(3-4-12)8-14-11(17)13-5-1-9-2-6-18-7-9/h2,6-7H,1,3-5,8H2,(H,15,16)(H2,13,14,17). The molecule has 3 N–H and O–H groups in total. The fraction of sp³-hybridized carbons (Fsp3) is 0.500. The summed E-state index contributed by atoms with van der Waals surface area (Å²) in [4.78, 5) is 22.4. The lowest BCUT2D eigenvalue weighted by molar-refractivity contribution is -0.143. The number of urea groups is 1. The summed E-state index contributed by atoms with van der Waals surface area (Å²) in [6, 6.07) is 1.73. The third-order valence-corrected chi connectivity index (χ3v) is 3.91. The van der Waals surface area contributed by atoms with E-state index in [2.05, 4.69) is 10.6 Å². The number of rotatable bonds is 6. The van der Waals surface area contributed by atoms with E-state index in [1.165, 1.54) is 5.56 Å². The van der Waals surface area contributed by atoms with Gasteiger partial charge in [-0.15, -0.1) is 0 Å². The highest BCUT2D eigenvalue weighted by Gasteiger charge is 2.50.